The first-order chi connectivity index (χ1) is 20.2. The molecule has 0 radical (unpaired) electrons. The molecule has 0 aliphatic rings. The van der Waals surface area contributed by atoms with E-state index in [1.165, 1.54) is 48.3 Å². The number of nitro groups is 1. The van der Waals surface area contributed by atoms with Crippen molar-refractivity contribution in [3.8, 4) is 0 Å². The maximum Gasteiger partial charge on any atom is 0.269 e. The zero-order valence-corrected chi connectivity index (χ0v) is 23.7. The number of likely N-dealkylation sites (N-methyl/N-ethyl adjacent to an activating group) is 1. The largest absolute Gasteiger partial charge is 0.357 e. The average molecular weight is 587 g/mol. The zero-order valence-electron chi connectivity index (χ0n) is 22.9. The SMILES string of the molecule is CNC(=O)[C@@H](Cc1ccccc1)N(Cc1ccccc1)C(=O)CN(c1ccc([N+](=O)[O-])cc1)S(=O)(=O)c1ccccc1. The van der Waals surface area contributed by atoms with E-state index >= 15 is 0 Å². The van der Waals surface area contributed by atoms with E-state index in [1.807, 2.05) is 60.7 Å². The molecule has 0 heterocycles. The third-order valence-corrected chi connectivity index (χ3v) is 8.46. The Labute approximate surface area is 244 Å². The van der Waals surface area contributed by atoms with Crippen LogP contribution < -0.4 is 9.62 Å². The van der Waals surface area contributed by atoms with Gasteiger partial charge in [-0.25, -0.2) is 8.42 Å². The number of carbonyl (C=O) groups is 2. The molecule has 4 aromatic rings. The van der Waals surface area contributed by atoms with Crippen LogP contribution in [0, 0.1) is 10.1 Å². The molecule has 0 bridgehead atoms. The van der Waals surface area contributed by atoms with Gasteiger partial charge in [0.15, 0.2) is 0 Å². The third kappa shape index (κ3) is 7.18. The molecule has 1 atom stereocenters. The number of sulfonamides is 1. The van der Waals surface area contributed by atoms with E-state index in [4.69, 9.17) is 0 Å². The van der Waals surface area contributed by atoms with Gasteiger partial charge in [-0.1, -0.05) is 78.9 Å². The summed E-state index contributed by atoms with van der Waals surface area (Å²) in [6.45, 7) is -0.603. The number of nitro benzene ring substituents is 1. The summed E-state index contributed by atoms with van der Waals surface area (Å²) in [6.07, 6.45) is 0.196. The quantitative estimate of drug-likeness (QED) is 0.196. The summed E-state index contributed by atoms with van der Waals surface area (Å²) in [5.41, 5.74) is 1.41. The highest BCUT2D eigenvalue weighted by Crippen LogP contribution is 2.27. The maximum absolute atomic E-state index is 14.2. The Morgan fingerprint density at radius 3 is 1.86 bits per heavy atom. The summed E-state index contributed by atoms with van der Waals surface area (Å²) in [6, 6.07) is 29.9. The zero-order chi connectivity index (χ0) is 30.1. The van der Waals surface area contributed by atoms with Crippen molar-refractivity contribution in [1.29, 1.82) is 0 Å². The highest BCUT2D eigenvalue weighted by atomic mass is 32.2. The molecule has 4 rings (SSSR count). The van der Waals surface area contributed by atoms with E-state index in [2.05, 4.69) is 5.32 Å². The van der Waals surface area contributed by atoms with E-state index in [0.717, 1.165) is 15.4 Å². The smallest absolute Gasteiger partial charge is 0.269 e. The van der Waals surface area contributed by atoms with E-state index in [-0.39, 0.29) is 29.2 Å². The fourth-order valence-electron chi connectivity index (χ4n) is 4.49. The molecular weight excluding hydrogens is 556 g/mol. The summed E-state index contributed by atoms with van der Waals surface area (Å²) in [4.78, 5) is 39.4. The van der Waals surface area contributed by atoms with Gasteiger partial charge in [0.2, 0.25) is 11.8 Å². The number of anilines is 1. The van der Waals surface area contributed by atoms with E-state index in [1.54, 1.807) is 18.2 Å². The molecule has 0 saturated carbocycles. The normalized spacial score (nSPS) is 11.7. The third-order valence-electron chi connectivity index (χ3n) is 6.67. The van der Waals surface area contributed by atoms with Gasteiger partial charge in [-0.15, -0.1) is 0 Å². The molecule has 0 spiro atoms. The minimum absolute atomic E-state index is 0.0457. The Kier molecular flexibility index (Phi) is 9.66. The van der Waals surface area contributed by atoms with Crippen LogP contribution in [0.4, 0.5) is 11.4 Å². The Morgan fingerprint density at radius 2 is 1.33 bits per heavy atom. The average Bonchev–Trinajstić information content (AvgIpc) is 3.02. The highest BCUT2D eigenvalue weighted by Gasteiger charge is 2.34. The molecule has 0 aromatic heterocycles. The number of amides is 2. The topological polar surface area (TPSA) is 130 Å². The summed E-state index contributed by atoms with van der Waals surface area (Å²) >= 11 is 0. The number of rotatable bonds is 12. The Hall–Kier alpha value is -5.03. The van der Waals surface area contributed by atoms with Crippen molar-refractivity contribution >= 4 is 33.2 Å². The van der Waals surface area contributed by atoms with Gasteiger partial charge >= 0.3 is 0 Å². The van der Waals surface area contributed by atoms with Crippen LogP contribution >= 0.6 is 0 Å². The fourth-order valence-corrected chi connectivity index (χ4v) is 5.92. The van der Waals surface area contributed by atoms with E-state index < -0.39 is 39.3 Å². The molecule has 42 heavy (non-hydrogen) atoms. The fraction of sp³-hybridized carbons (Fsp3) is 0.161. The molecule has 4 aromatic carbocycles. The number of benzene rings is 4. The molecule has 0 aliphatic heterocycles. The predicted octanol–water partition coefficient (Wildman–Crippen LogP) is 4.18. The van der Waals surface area contributed by atoms with Gasteiger partial charge in [-0.3, -0.25) is 24.0 Å². The summed E-state index contributed by atoms with van der Waals surface area (Å²) < 4.78 is 28.6. The lowest BCUT2D eigenvalue weighted by molar-refractivity contribution is -0.384. The molecule has 10 nitrogen and oxygen atoms in total. The lowest BCUT2D eigenvalue weighted by Gasteiger charge is -2.33. The van der Waals surface area contributed by atoms with Gasteiger partial charge in [-0.2, -0.15) is 0 Å². The lowest BCUT2D eigenvalue weighted by Crippen LogP contribution is -2.53. The van der Waals surface area contributed by atoms with Gasteiger partial charge < -0.3 is 10.2 Å². The van der Waals surface area contributed by atoms with Crippen LogP contribution in [-0.2, 0) is 32.6 Å². The Balaban J connectivity index is 1.77. The maximum atomic E-state index is 14.2. The van der Waals surface area contributed by atoms with Gasteiger partial charge in [0.05, 0.1) is 15.5 Å². The minimum atomic E-state index is -4.28. The van der Waals surface area contributed by atoms with Crippen LogP contribution in [0.25, 0.3) is 0 Å². The molecule has 1 N–H and O–H groups in total. The summed E-state index contributed by atoms with van der Waals surface area (Å²) in [5.74, 6) is -1.03. The van der Waals surface area contributed by atoms with E-state index in [0.29, 0.717) is 0 Å². The summed E-state index contributed by atoms with van der Waals surface area (Å²) in [5, 5.41) is 13.9. The number of nitrogens with one attached hydrogen (secondary N) is 1. The van der Waals surface area contributed by atoms with Crippen molar-refractivity contribution in [2.45, 2.75) is 23.9 Å². The number of nitrogens with zero attached hydrogens (tertiary/aromatic N) is 3. The number of hydrogen-bond acceptors (Lipinski definition) is 6. The second-order valence-corrected chi connectivity index (χ2v) is 11.3. The first-order valence-corrected chi connectivity index (χ1v) is 14.6. The predicted molar refractivity (Wildman–Crippen MR) is 159 cm³/mol. The molecule has 2 amide bonds. The van der Waals surface area contributed by atoms with Crippen LogP contribution in [0.2, 0.25) is 0 Å². The van der Waals surface area contributed by atoms with E-state index in [9.17, 15) is 28.1 Å². The second-order valence-electron chi connectivity index (χ2n) is 9.43. The number of non-ortho nitro benzene ring substituents is 1. The molecule has 0 unspecified atom stereocenters. The van der Waals surface area contributed by atoms with Gasteiger partial charge in [0.25, 0.3) is 15.7 Å². The van der Waals surface area contributed by atoms with Crippen molar-refractivity contribution in [1.82, 2.24) is 10.2 Å². The first kappa shape index (κ1) is 29.9. The van der Waals surface area contributed by atoms with Crippen molar-refractivity contribution in [2.75, 3.05) is 17.9 Å². The molecule has 0 saturated heterocycles. The van der Waals surface area contributed by atoms with Crippen molar-refractivity contribution in [3.63, 3.8) is 0 Å². The molecule has 11 heteroatoms. The van der Waals surface area contributed by atoms with Crippen LogP contribution in [0.3, 0.4) is 0 Å². The van der Waals surface area contributed by atoms with Gasteiger partial charge in [0.1, 0.15) is 12.6 Å². The molecule has 216 valence electrons. The molecular formula is C31H30N4O6S. The monoisotopic (exact) mass is 586 g/mol. The lowest BCUT2D eigenvalue weighted by atomic mass is 10.0. The number of hydrogen-bond donors (Lipinski definition) is 1. The van der Waals surface area contributed by atoms with Crippen LogP contribution in [0.1, 0.15) is 11.1 Å². The standard InChI is InChI=1S/C31H30N4O6S/c1-32-31(37)29(21-24-11-5-2-6-12-24)33(22-25-13-7-3-8-14-25)30(36)23-34(26-17-19-27(20-18-26)35(38)39)42(40,41)28-15-9-4-10-16-28/h2-20,29H,21-23H2,1H3,(H,32,37)/t29-/m1/s1. The van der Waals surface area contributed by atoms with Crippen LogP contribution in [0.5, 0.6) is 0 Å². The summed E-state index contributed by atoms with van der Waals surface area (Å²) in [7, 11) is -2.80. The first-order valence-electron chi connectivity index (χ1n) is 13.1. The molecule has 0 fully saturated rings. The van der Waals surface area contributed by atoms with Crippen LogP contribution in [0.15, 0.2) is 120 Å². The Morgan fingerprint density at radius 1 is 0.810 bits per heavy atom. The minimum Gasteiger partial charge on any atom is -0.357 e. The van der Waals surface area contributed by atoms with Crippen LogP contribution in [-0.4, -0.2) is 49.7 Å². The highest BCUT2D eigenvalue weighted by molar-refractivity contribution is 7.92. The van der Waals surface area contributed by atoms with Gasteiger partial charge in [0, 0.05) is 32.1 Å². The van der Waals surface area contributed by atoms with Crippen molar-refractivity contribution in [3.05, 3.63) is 137 Å². The number of carbonyl (C=O) groups excluding carboxylic acids is 2. The van der Waals surface area contributed by atoms with Crippen molar-refractivity contribution < 1.29 is 22.9 Å². The van der Waals surface area contributed by atoms with Crippen molar-refractivity contribution in [2.24, 2.45) is 0 Å². The molecule has 0 aliphatic carbocycles. The second kappa shape index (κ2) is 13.6. The Bertz CT molecular complexity index is 1620. The van der Waals surface area contributed by atoms with Gasteiger partial charge in [-0.05, 0) is 35.4 Å².